The third-order valence-corrected chi connectivity index (χ3v) is 4.24. The van der Waals surface area contributed by atoms with Crippen LogP contribution in [-0.2, 0) is 16.6 Å². The third-order valence-electron chi connectivity index (χ3n) is 2.63. The van der Waals surface area contributed by atoms with E-state index >= 15 is 0 Å². The van der Waals surface area contributed by atoms with Gasteiger partial charge in [-0.15, -0.1) is 0 Å². The van der Waals surface area contributed by atoms with Crippen molar-refractivity contribution in [1.82, 2.24) is 15.5 Å². The quantitative estimate of drug-likeness (QED) is 0.756. The second-order valence-electron chi connectivity index (χ2n) is 4.27. The highest BCUT2D eigenvalue weighted by molar-refractivity contribution is 7.92. The van der Waals surface area contributed by atoms with Gasteiger partial charge in [0.25, 0.3) is 10.0 Å². The number of hydrogen-bond acceptors (Lipinski definition) is 4. The van der Waals surface area contributed by atoms with Gasteiger partial charge in [0.2, 0.25) is 0 Å². The van der Waals surface area contributed by atoms with Crippen molar-refractivity contribution in [1.29, 1.82) is 0 Å². The Morgan fingerprint density at radius 1 is 1.38 bits per heavy atom. The molecule has 1 aromatic carbocycles. The van der Waals surface area contributed by atoms with E-state index in [-0.39, 0.29) is 15.7 Å². The fourth-order valence-corrected chi connectivity index (χ4v) is 3.13. The zero-order valence-electron chi connectivity index (χ0n) is 11.2. The maximum absolute atomic E-state index is 13.2. The molecule has 1 heterocycles. The van der Waals surface area contributed by atoms with Crippen molar-refractivity contribution in [2.75, 3.05) is 11.3 Å². The van der Waals surface area contributed by atoms with E-state index in [9.17, 15) is 12.8 Å². The number of hydrogen-bond donors (Lipinski definition) is 3. The number of aromatic nitrogens is 2. The van der Waals surface area contributed by atoms with E-state index in [4.69, 9.17) is 11.6 Å². The first-order chi connectivity index (χ1) is 9.92. The van der Waals surface area contributed by atoms with Crippen LogP contribution in [-0.4, -0.2) is 25.2 Å². The van der Waals surface area contributed by atoms with Gasteiger partial charge < -0.3 is 5.32 Å². The molecule has 2 rings (SSSR count). The summed E-state index contributed by atoms with van der Waals surface area (Å²) in [6.45, 7) is 2.95. The zero-order valence-corrected chi connectivity index (χ0v) is 12.7. The SMILES string of the molecule is CCNCc1cn[nH]c1S(=O)(=O)Nc1cc(F)cc(Cl)c1. The van der Waals surface area contributed by atoms with Gasteiger partial charge in [-0.3, -0.25) is 9.82 Å². The average Bonchev–Trinajstić information content (AvgIpc) is 2.83. The molecule has 0 saturated heterocycles. The van der Waals surface area contributed by atoms with Gasteiger partial charge in [0.15, 0.2) is 5.03 Å². The van der Waals surface area contributed by atoms with Crippen molar-refractivity contribution in [3.05, 3.63) is 40.8 Å². The largest absolute Gasteiger partial charge is 0.313 e. The lowest BCUT2D eigenvalue weighted by Crippen LogP contribution is -2.18. The summed E-state index contributed by atoms with van der Waals surface area (Å²) in [4.78, 5) is 0. The van der Waals surface area contributed by atoms with Crippen molar-refractivity contribution >= 4 is 27.3 Å². The van der Waals surface area contributed by atoms with Gasteiger partial charge in [-0.25, -0.2) is 4.39 Å². The fourth-order valence-electron chi connectivity index (χ4n) is 1.74. The van der Waals surface area contributed by atoms with E-state index in [1.54, 1.807) is 0 Å². The second kappa shape index (κ2) is 6.42. The van der Waals surface area contributed by atoms with E-state index in [1.807, 2.05) is 6.92 Å². The van der Waals surface area contributed by atoms with Crippen LogP contribution in [0.15, 0.2) is 29.4 Å². The first-order valence-electron chi connectivity index (χ1n) is 6.14. The monoisotopic (exact) mass is 332 g/mol. The van der Waals surface area contributed by atoms with Crippen molar-refractivity contribution in [3.8, 4) is 0 Å². The van der Waals surface area contributed by atoms with Crippen LogP contribution in [0.2, 0.25) is 5.02 Å². The van der Waals surface area contributed by atoms with E-state index in [0.717, 1.165) is 12.1 Å². The molecule has 0 bridgehead atoms. The molecule has 9 heteroatoms. The fraction of sp³-hybridized carbons (Fsp3) is 0.250. The first kappa shape index (κ1) is 15.7. The summed E-state index contributed by atoms with van der Waals surface area (Å²) < 4.78 is 40.1. The lowest BCUT2D eigenvalue weighted by Gasteiger charge is -2.09. The molecule has 0 aliphatic rings. The normalized spacial score (nSPS) is 11.6. The summed E-state index contributed by atoms with van der Waals surface area (Å²) in [5.74, 6) is -0.627. The Balaban J connectivity index is 2.28. The molecule has 6 nitrogen and oxygen atoms in total. The lowest BCUT2D eigenvalue weighted by molar-refractivity contribution is 0.594. The van der Waals surface area contributed by atoms with Crippen LogP contribution in [0.25, 0.3) is 0 Å². The third kappa shape index (κ3) is 3.93. The van der Waals surface area contributed by atoms with Crippen molar-refractivity contribution in [3.63, 3.8) is 0 Å². The zero-order chi connectivity index (χ0) is 15.5. The van der Waals surface area contributed by atoms with Crippen molar-refractivity contribution < 1.29 is 12.8 Å². The standard InChI is InChI=1S/C12H14ClFN4O2S/c1-2-15-6-8-7-16-17-12(8)21(19,20)18-11-4-9(13)3-10(14)5-11/h3-5,7,15,18H,2,6H2,1H3,(H,16,17). The minimum Gasteiger partial charge on any atom is -0.313 e. The molecule has 0 radical (unpaired) electrons. The first-order valence-corrected chi connectivity index (χ1v) is 8.00. The molecular weight excluding hydrogens is 319 g/mol. The van der Waals surface area contributed by atoms with E-state index in [1.165, 1.54) is 12.3 Å². The number of benzene rings is 1. The number of halogens is 2. The molecule has 0 spiro atoms. The van der Waals surface area contributed by atoms with Gasteiger partial charge in [0.05, 0.1) is 11.9 Å². The van der Waals surface area contributed by atoms with E-state index in [0.29, 0.717) is 18.7 Å². The number of aromatic amines is 1. The summed E-state index contributed by atoms with van der Waals surface area (Å²) in [6.07, 6.45) is 1.43. The average molecular weight is 333 g/mol. The molecule has 0 saturated carbocycles. The highest BCUT2D eigenvalue weighted by Gasteiger charge is 2.21. The lowest BCUT2D eigenvalue weighted by atomic mass is 10.3. The van der Waals surface area contributed by atoms with Crippen LogP contribution in [0, 0.1) is 5.82 Å². The maximum Gasteiger partial charge on any atom is 0.279 e. The van der Waals surface area contributed by atoms with Gasteiger partial charge in [-0.05, 0) is 24.7 Å². The molecule has 21 heavy (non-hydrogen) atoms. The summed E-state index contributed by atoms with van der Waals surface area (Å²) in [7, 11) is -3.90. The minimum absolute atomic E-state index is 0.0454. The number of anilines is 1. The molecule has 0 atom stereocenters. The summed E-state index contributed by atoms with van der Waals surface area (Å²) in [6, 6.07) is 3.46. The van der Waals surface area contributed by atoms with Gasteiger partial charge in [-0.1, -0.05) is 18.5 Å². The van der Waals surface area contributed by atoms with Crippen molar-refractivity contribution in [2.45, 2.75) is 18.5 Å². The molecule has 1 aromatic heterocycles. The Kier molecular flexibility index (Phi) is 4.81. The molecular formula is C12H14ClFN4O2S. The molecule has 114 valence electrons. The number of nitrogens with one attached hydrogen (secondary N) is 3. The van der Waals surface area contributed by atoms with Gasteiger partial charge >= 0.3 is 0 Å². The number of sulfonamides is 1. The van der Waals surface area contributed by atoms with E-state index < -0.39 is 15.8 Å². The number of H-pyrrole nitrogens is 1. The molecule has 0 amide bonds. The molecule has 0 unspecified atom stereocenters. The molecule has 2 aromatic rings. The highest BCUT2D eigenvalue weighted by Crippen LogP contribution is 2.22. The summed E-state index contributed by atoms with van der Waals surface area (Å²) >= 11 is 5.70. The van der Waals surface area contributed by atoms with Crippen LogP contribution < -0.4 is 10.0 Å². The van der Waals surface area contributed by atoms with Crippen LogP contribution in [0.3, 0.4) is 0 Å². The Bertz CT molecular complexity index is 712. The molecule has 0 fully saturated rings. The van der Waals surface area contributed by atoms with Crippen LogP contribution >= 0.6 is 11.6 Å². The number of nitrogens with zero attached hydrogens (tertiary/aromatic N) is 1. The summed E-state index contributed by atoms with van der Waals surface area (Å²) in [5, 5.41) is 9.22. The van der Waals surface area contributed by atoms with Crippen LogP contribution in [0.5, 0.6) is 0 Å². The number of rotatable bonds is 6. The maximum atomic E-state index is 13.2. The predicted octanol–water partition coefficient (Wildman–Crippen LogP) is 2.11. The Morgan fingerprint density at radius 3 is 2.81 bits per heavy atom. The Morgan fingerprint density at radius 2 is 2.14 bits per heavy atom. The van der Waals surface area contributed by atoms with E-state index in [2.05, 4.69) is 20.2 Å². The summed E-state index contributed by atoms with van der Waals surface area (Å²) in [5.41, 5.74) is 0.538. The Labute approximate surface area is 126 Å². The smallest absolute Gasteiger partial charge is 0.279 e. The van der Waals surface area contributed by atoms with Gasteiger partial charge in [-0.2, -0.15) is 13.5 Å². The predicted molar refractivity (Wildman–Crippen MR) is 78.2 cm³/mol. The molecule has 0 aliphatic heterocycles. The van der Waals surface area contributed by atoms with Gasteiger partial charge in [0.1, 0.15) is 5.82 Å². The highest BCUT2D eigenvalue weighted by atomic mass is 35.5. The van der Waals surface area contributed by atoms with Crippen LogP contribution in [0.1, 0.15) is 12.5 Å². The Hall–Kier alpha value is -1.64. The van der Waals surface area contributed by atoms with Crippen LogP contribution in [0.4, 0.5) is 10.1 Å². The van der Waals surface area contributed by atoms with Crippen molar-refractivity contribution in [2.24, 2.45) is 0 Å². The minimum atomic E-state index is -3.90. The topological polar surface area (TPSA) is 86.9 Å². The molecule has 0 aliphatic carbocycles. The van der Waals surface area contributed by atoms with Gasteiger partial charge in [0, 0.05) is 17.1 Å². The molecule has 3 N–H and O–H groups in total. The second-order valence-corrected chi connectivity index (χ2v) is 6.32.